The quantitative estimate of drug-likeness (QED) is 0.132. The maximum absolute atomic E-state index is 13.6. The van der Waals surface area contributed by atoms with Crippen molar-refractivity contribution in [2.45, 2.75) is 58.3 Å². The predicted molar refractivity (Wildman–Crippen MR) is 173 cm³/mol. The van der Waals surface area contributed by atoms with E-state index in [9.17, 15) is 14.0 Å². The van der Waals surface area contributed by atoms with Crippen LogP contribution in [0.5, 0.6) is 11.5 Å². The highest BCUT2D eigenvalue weighted by Gasteiger charge is 2.22. The molecular formula is C33H43ClFN5O5. The fourth-order valence-electron chi connectivity index (χ4n) is 5.17. The Bertz CT molecular complexity index is 1420. The molecule has 0 radical (unpaired) electrons. The molecule has 1 aliphatic rings. The minimum absolute atomic E-state index is 0.00152. The van der Waals surface area contributed by atoms with Gasteiger partial charge in [0.25, 0.3) is 0 Å². The van der Waals surface area contributed by atoms with Gasteiger partial charge < -0.3 is 24.4 Å². The first kappa shape index (κ1) is 34.2. The number of esters is 1. The molecule has 2 aromatic carbocycles. The van der Waals surface area contributed by atoms with E-state index < -0.39 is 5.82 Å². The van der Waals surface area contributed by atoms with E-state index in [1.54, 1.807) is 19.2 Å². The minimum Gasteiger partial charge on any atom is -0.493 e. The summed E-state index contributed by atoms with van der Waals surface area (Å²) in [5.74, 6) is 0.853. The molecule has 10 nitrogen and oxygen atoms in total. The van der Waals surface area contributed by atoms with Crippen LogP contribution in [0.2, 0.25) is 5.02 Å². The summed E-state index contributed by atoms with van der Waals surface area (Å²) in [4.78, 5) is 37.5. The highest BCUT2D eigenvalue weighted by atomic mass is 35.5. The van der Waals surface area contributed by atoms with Crippen LogP contribution in [0.1, 0.15) is 58.3 Å². The van der Waals surface area contributed by atoms with E-state index in [1.807, 2.05) is 11.0 Å². The van der Waals surface area contributed by atoms with Crippen molar-refractivity contribution in [1.82, 2.24) is 19.8 Å². The van der Waals surface area contributed by atoms with Crippen molar-refractivity contribution in [3.8, 4) is 11.5 Å². The van der Waals surface area contributed by atoms with Crippen molar-refractivity contribution < 1.29 is 28.2 Å². The molecule has 1 saturated heterocycles. The molecule has 0 atom stereocenters. The van der Waals surface area contributed by atoms with Crippen LogP contribution in [-0.2, 0) is 14.3 Å². The number of hydrogen-bond acceptors (Lipinski definition) is 9. The fourth-order valence-corrected chi connectivity index (χ4v) is 5.35. The van der Waals surface area contributed by atoms with E-state index in [1.165, 1.54) is 31.3 Å². The number of anilines is 2. The van der Waals surface area contributed by atoms with Gasteiger partial charge in [0.2, 0.25) is 5.91 Å². The van der Waals surface area contributed by atoms with Crippen LogP contribution in [0.25, 0.3) is 10.9 Å². The van der Waals surface area contributed by atoms with Gasteiger partial charge in [-0.1, -0.05) is 44.2 Å². The predicted octanol–water partition coefficient (Wildman–Crippen LogP) is 6.38. The Hall–Kier alpha value is -3.70. The van der Waals surface area contributed by atoms with Crippen LogP contribution in [-0.4, -0.2) is 84.7 Å². The molecule has 1 N–H and O–H groups in total. The van der Waals surface area contributed by atoms with Crippen LogP contribution in [0.3, 0.4) is 0 Å². The zero-order valence-corrected chi connectivity index (χ0v) is 26.9. The lowest BCUT2D eigenvalue weighted by Gasteiger charge is -2.34. The molecule has 4 rings (SSSR count). The summed E-state index contributed by atoms with van der Waals surface area (Å²) in [6.45, 7) is 6.71. The number of hydrogen-bond donors (Lipinski definition) is 1. The molecule has 3 aromatic rings. The second kappa shape index (κ2) is 17.7. The molecule has 0 saturated carbocycles. The van der Waals surface area contributed by atoms with Crippen molar-refractivity contribution in [2.75, 3.05) is 58.4 Å². The van der Waals surface area contributed by atoms with Crippen LogP contribution >= 0.6 is 11.6 Å². The highest BCUT2D eigenvalue weighted by molar-refractivity contribution is 6.31. The highest BCUT2D eigenvalue weighted by Crippen LogP contribution is 2.35. The van der Waals surface area contributed by atoms with Gasteiger partial charge in [0.1, 0.15) is 18.0 Å². The second-order valence-electron chi connectivity index (χ2n) is 11.1. The molecule has 0 spiro atoms. The Balaban J connectivity index is 1.19. The summed E-state index contributed by atoms with van der Waals surface area (Å²) >= 11 is 5.94. The number of carbonyl (C=O) groups excluding carboxylic acids is 2. The molecule has 1 fully saturated rings. The standard InChI is InChI=1S/C33H43ClFN5O5/c1-3-4-5-6-7-18-45-32(42)12-11-31(41)40-16-14-39(15-17-40)13-8-19-44-30-21-25-28(22-29(30)43-2)36-23-37-33(25)38-24-9-10-27(35)26(34)20-24/h9-10,20-23H,3-8,11-19H2,1-2H3,(H,36,37,38). The number of halogens is 2. The van der Waals surface area contributed by atoms with Gasteiger partial charge in [0.05, 0.1) is 37.3 Å². The summed E-state index contributed by atoms with van der Waals surface area (Å²) < 4.78 is 30.6. The number of benzene rings is 2. The number of fused-ring (bicyclic) bond motifs is 1. The molecule has 0 aliphatic carbocycles. The lowest BCUT2D eigenvalue weighted by Crippen LogP contribution is -2.49. The molecule has 12 heteroatoms. The van der Waals surface area contributed by atoms with Crippen molar-refractivity contribution in [3.05, 3.63) is 47.5 Å². The number of aromatic nitrogens is 2. The number of carbonyl (C=O) groups is 2. The van der Waals surface area contributed by atoms with Gasteiger partial charge in [-0.05, 0) is 37.1 Å². The summed E-state index contributed by atoms with van der Waals surface area (Å²) in [6.07, 6.45) is 8.04. The summed E-state index contributed by atoms with van der Waals surface area (Å²) in [7, 11) is 1.58. The number of nitrogens with zero attached hydrogens (tertiary/aromatic N) is 4. The van der Waals surface area contributed by atoms with Gasteiger partial charge in [-0.2, -0.15) is 0 Å². The van der Waals surface area contributed by atoms with Crippen LogP contribution in [0, 0.1) is 5.82 Å². The number of rotatable bonds is 17. The average molecular weight is 644 g/mol. The Morgan fingerprint density at radius 2 is 1.76 bits per heavy atom. The lowest BCUT2D eigenvalue weighted by molar-refractivity contribution is -0.146. The van der Waals surface area contributed by atoms with Crippen molar-refractivity contribution in [2.24, 2.45) is 0 Å². The monoisotopic (exact) mass is 643 g/mol. The van der Waals surface area contributed by atoms with Gasteiger partial charge in [-0.15, -0.1) is 0 Å². The number of methoxy groups -OCH3 is 1. The van der Waals surface area contributed by atoms with Crippen molar-refractivity contribution in [1.29, 1.82) is 0 Å². The van der Waals surface area contributed by atoms with Crippen LogP contribution < -0.4 is 14.8 Å². The van der Waals surface area contributed by atoms with Gasteiger partial charge in [-0.25, -0.2) is 14.4 Å². The average Bonchev–Trinajstić information content (AvgIpc) is 3.05. The number of unbranched alkanes of at least 4 members (excludes halogenated alkanes) is 4. The molecule has 0 unspecified atom stereocenters. The van der Waals surface area contributed by atoms with Gasteiger partial charge >= 0.3 is 5.97 Å². The summed E-state index contributed by atoms with van der Waals surface area (Å²) in [5.41, 5.74) is 1.25. The second-order valence-corrected chi connectivity index (χ2v) is 11.5. The van der Waals surface area contributed by atoms with E-state index >= 15 is 0 Å². The molecule has 1 amide bonds. The number of ether oxygens (including phenoxy) is 3. The minimum atomic E-state index is -0.497. The smallest absolute Gasteiger partial charge is 0.306 e. The summed E-state index contributed by atoms with van der Waals surface area (Å²) in [5, 5.41) is 3.90. The van der Waals surface area contributed by atoms with Gasteiger partial charge in [0, 0.05) is 56.3 Å². The zero-order chi connectivity index (χ0) is 32.0. The molecular weight excluding hydrogens is 601 g/mol. The molecule has 0 bridgehead atoms. The Morgan fingerprint density at radius 1 is 0.956 bits per heavy atom. The first-order chi connectivity index (χ1) is 21.9. The molecule has 2 heterocycles. The third-order valence-corrected chi connectivity index (χ3v) is 8.05. The Morgan fingerprint density at radius 3 is 2.51 bits per heavy atom. The third kappa shape index (κ3) is 10.4. The van der Waals surface area contributed by atoms with Gasteiger partial charge in [0.15, 0.2) is 11.5 Å². The fraction of sp³-hybridized carbons (Fsp3) is 0.515. The van der Waals surface area contributed by atoms with E-state index in [-0.39, 0.29) is 29.7 Å². The normalized spacial score (nSPS) is 13.6. The number of amides is 1. The third-order valence-electron chi connectivity index (χ3n) is 7.76. The molecule has 45 heavy (non-hydrogen) atoms. The molecule has 244 valence electrons. The largest absolute Gasteiger partial charge is 0.493 e. The van der Waals surface area contributed by atoms with Crippen LogP contribution in [0.4, 0.5) is 15.9 Å². The number of piperazine rings is 1. The molecule has 1 aromatic heterocycles. The first-order valence-electron chi connectivity index (χ1n) is 15.7. The number of nitrogens with one attached hydrogen (secondary N) is 1. The maximum atomic E-state index is 13.6. The lowest BCUT2D eigenvalue weighted by atomic mass is 10.2. The van der Waals surface area contributed by atoms with Crippen molar-refractivity contribution >= 4 is 45.9 Å². The summed E-state index contributed by atoms with van der Waals surface area (Å²) in [6, 6.07) is 7.99. The van der Waals surface area contributed by atoms with E-state index in [2.05, 4.69) is 27.1 Å². The zero-order valence-electron chi connectivity index (χ0n) is 26.2. The Labute approximate surface area is 269 Å². The van der Waals surface area contributed by atoms with Crippen molar-refractivity contribution in [3.63, 3.8) is 0 Å². The molecule has 1 aliphatic heterocycles. The maximum Gasteiger partial charge on any atom is 0.306 e. The van der Waals surface area contributed by atoms with Gasteiger partial charge in [-0.3, -0.25) is 14.5 Å². The van der Waals surface area contributed by atoms with Crippen LogP contribution in [0.15, 0.2) is 36.7 Å². The van der Waals surface area contributed by atoms with E-state index in [4.69, 9.17) is 25.8 Å². The topological polar surface area (TPSA) is 106 Å². The van der Waals surface area contributed by atoms with E-state index in [0.717, 1.165) is 45.3 Å². The SMILES string of the molecule is CCCCCCCOC(=O)CCC(=O)N1CCN(CCCOc2cc3c(Nc4ccc(F)c(Cl)c4)ncnc3cc2OC)CC1. The first-order valence-corrected chi connectivity index (χ1v) is 16.1. The van der Waals surface area contributed by atoms with E-state index in [0.29, 0.717) is 60.2 Å². The Kier molecular flexibility index (Phi) is 13.4.